The van der Waals surface area contributed by atoms with E-state index in [0.29, 0.717) is 10.2 Å². The van der Waals surface area contributed by atoms with E-state index < -0.39 is 0 Å². The number of amides is 1. The number of nitrogens with one attached hydrogen (secondary N) is 1. The molecule has 0 saturated heterocycles. The molecule has 82 valence electrons. The Balaban J connectivity index is 2.00. The SMILES string of the molecule is O=C(Cc1ccccc1Cl)Nc1nncs1. The number of hydrogen-bond acceptors (Lipinski definition) is 4. The number of aromatic nitrogens is 2. The van der Waals surface area contributed by atoms with Gasteiger partial charge >= 0.3 is 0 Å². The van der Waals surface area contributed by atoms with Gasteiger partial charge in [0.05, 0.1) is 6.42 Å². The van der Waals surface area contributed by atoms with Gasteiger partial charge in [0.1, 0.15) is 5.51 Å². The highest BCUT2D eigenvalue weighted by atomic mass is 35.5. The zero-order valence-electron chi connectivity index (χ0n) is 8.18. The zero-order chi connectivity index (χ0) is 11.4. The summed E-state index contributed by atoms with van der Waals surface area (Å²) >= 11 is 7.22. The third-order valence-corrected chi connectivity index (χ3v) is 2.89. The number of rotatable bonds is 3. The van der Waals surface area contributed by atoms with Crippen LogP contribution in [0.15, 0.2) is 29.8 Å². The van der Waals surface area contributed by atoms with Crippen LogP contribution in [0.4, 0.5) is 5.13 Å². The van der Waals surface area contributed by atoms with Crippen LogP contribution in [0.5, 0.6) is 0 Å². The van der Waals surface area contributed by atoms with Crippen LogP contribution in [-0.4, -0.2) is 16.1 Å². The van der Waals surface area contributed by atoms with E-state index in [1.54, 1.807) is 11.6 Å². The first-order valence-corrected chi connectivity index (χ1v) is 5.81. The maximum atomic E-state index is 11.6. The van der Waals surface area contributed by atoms with E-state index in [4.69, 9.17) is 11.6 Å². The molecule has 6 heteroatoms. The Hall–Kier alpha value is -1.46. The summed E-state index contributed by atoms with van der Waals surface area (Å²) < 4.78 is 0. The maximum absolute atomic E-state index is 11.6. The number of carbonyl (C=O) groups is 1. The molecule has 0 bridgehead atoms. The average Bonchev–Trinajstić information content (AvgIpc) is 2.74. The van der Waals surface area contributed by atoms with Gasteiger partial charge in [-0.2, -0.15) is 0 Å². The van der Waals surface area contributed by atoms with Crippen molar-refractivity contribution in [2.24, 2.45) is 0 Å². The predicted octanol–water partition coefficient (Wildman–Crippen LogP) is 2.37. The average molecular weight is 254 g/mol. The topological polar surface area (TPSA) is 54.9 Å². The third-order valence-electron chi connectivity index (χ3n) is 1.92. The van der Waals surface area contributed by atoms with Gasteiger partial charge in [-0.15, -0.1) is 10.2 Å². The van der Waals surface area contributed by atoms with Crippen LogP contribution in [0, 0.1) is 0 Å². The van der Waals surface area contributed by atoms with Crippen molar-refractivity contribution in [1.82, 2.24) is 10.2 Å². The molecule has 0 spiro atoms. The largest absolute Gasteiger partial charge is 0.300 e. The predicted molar refractivity (Wildman–Crippen MR) is 63.7 cm³/mol. The minimum absolute atomic E-state index is 0.148. The molecule has 1 aromatic heterocycles. The molecule has 4 nitrogen and oxygen atoms in total. The lowest BCUT2D eigenvalue weighted by Gasteiger charge is -2.03. The van der Waals surface area contributed by atoms with Gasteiger partial charge in [-0.05, 0) is 11.6 Å². The van der Waals surface area contributed by atoms with E-state index in [1.165, 1.54) is 11.3 Å². The fourth-order valence-corrected chi connectivity index (χ4v) is 1.87. The Morgan fingerprint density at radius 3 is 2.94 bits per heavy atom. The van der Waals surface area contributed by atoms with Crippen LogP contribution in [0.3, 0.4) is 0 Å². The summed E-state index contributed by atoms with van der Waals surface area (Å²) in [5.74, 6) is -0.148. The number of halogens is 1. The minimum Gasteiger partial charge on any atom is -0.300 e. The Kier molecular flexibility index (Phi) is 3.48. The third kappa shape index (κ3) is 2.77. The Labute approximate surface area is 101 Å². The van der Waals surface area contributed by atoms with Gasteiger partial charge in [0.2, 0.25) is 11.0 Å². The van der Waals surface area contributed by atoms with Gasteiger partial charge in [-0.1, -0.05) is 41.1 Å². The summed E-state index contributed by atoms with van der Waals surface area (Å²) in [6.07, 6.45) is 0.235. The molecule has 16 heavy (non-hydrogen) atoms. The lowest BCUT2D eigenvalue weighted by molar-refractivity contribution is -0.115. The standard InChI is InChI=1S/C10H8ClN3OS/c11-8-4-2-1-3-7(8)5-9(15)13-10-14-12-6-16-10/h1-4,6H,5H2,(H,13,14,15). The summed E-state index contributed by atoms with van der Waals surface area (Å²) in [4.78, 5) is 11.6. The lowest BCUT2D eigenvalue weighted by atomic mass is 10.1. The Bertz CT molecular complexity index is 487. The molecular weight excluding hydrogens is 246 g/mol. The van der Waals surface area contributed by atoms with Gasteiger partial charge in [0.25, 0.3) is 0 Å². The van der Waals surface area contributed by atoms with Crippen molar-refractivity contribution in [3.8, 4) is 0 Å². The molecule has 0 saturated carbocycles. The molecular formula is C10H8ClN3OS. The van der Waals surface area contributed by atoms with E-state index in [2.05, 4.69) is 15.5 Å². The fraction of sp³-hybridized carbons (Fsp3) is 0.100. The van der Waals surface area contributed by atoms with Crippen molar-refractivity contribution in [3.63, 3.8) is 0 Å². The second-order valence-electron chi connectivity index (χ2n) is 3.06. The summed E-state index contributed by atoms with van der Waals surface area (Å²) in [6.45, 7) is 0. The first-order chi connectivity index (χ1) is 7.75. The quantitative estimate of drug-likeness (QED) is 0.914. The van der Waals surface area contributed by atoms with Crippen LogP contribution in [0.2, 0.25) is 5.02 Å². The van der Waals surface area contributed by atoms with Crippen molar-refractivity contribution < 1.29 is 4.79 Å². The van der Waals surface area contributed by atoms with E-state index in [-0.39, 0.29) is 12.3 Å². The van der Waals surface area contributed by atoms with Gasteiger partial charge in [0.15, 0.2) is 0 Å². The van der Waals surface area contributed by atoms with Crippen molar-refractivity contribution in [2.75, 3.05) is 5.32 Å². The smallest absolute Gasteiger partial charge is 0.230 e. The maximum Gasteiger partial charge on any atom is 0.230 e. The van der Waals surface area contributed by atoms with Crippen molar-refractivity contribution in [2.45, 2.75) is 6.42 Å². The highest BCUT2D eigenvalue weighted by Crippen LogP contribution is 2.16. The molecule has 1 aromatic carbocycles. The molecule has 1 heterocycles. The molecule has 2 aromatic rings. The monoisotopic (exact) mass is 253 g/mol. The van der Waals surface area contributed by atoms with Crippen LogP contribution in [-0.2, 0) is 11.2 Å². The summed E-state index contributed by atoms with van der Waals surface area (Å²) in [7, 11) is 0. The highest BCUT2D eigenvalue weighted by Gasteiger charge is 2.08. The van der Waals surface area contributed by atoms with Gasteiger partial charge in [-0.3, -0.25) is 4.79 Å². The molecule has 0 aliphatic rings. The van der Waals surface area contributed by atoms with Crippen LogP contribution < -0.4 is 5.32 Å². The van der Waals surface area contributed by atoms with Gasteiger partial charge in [-0.25, -0.2) is 0 Å². The van der Waals surface area contributed by atoms with Crippen LogP contribution >= 0.6 is 22.9 Å². The van der Waals surface area contributed by atoms with E-state index in [0.717, 1.165) is 5.56 Å². The number of hydrogen-bond donors (Lipinski definition) is 1. The Morgan fingerprint density at radius 2 is 2.25 bits per heavy atom. The molecule has 0 aliphatic heterocycles. The summed E-state index contributed by atoms with van der Waals surface area (Å²) in [5, 5.41) is 11.1. The lowest BCUT2D eigenvalue weighted by Crippen LogP contribution is -2.14. The second-order valence-corrected chi connectivity index (χ2v) is 4.30. The van der Waals surface area contributed by atoms with Crippen LogP contribution in [0.25, 0.3) is 0 Å². The van der Waals surface area contributed by atoms with Crippen molar-refractivity contribution >= 4 is 34.0 Å². The molecule has 0 atom stereocenters. The van der Waals surface area contributed by atoms with Crippen molar-refractivity contribution in [1.29, 1.82) is 0 Å². The van der Waals surface area contributed by atoms with Crippen molar-refractivity contribution in [3.05, 3.63) is 40.4 Å². The normalized spacial score (nSPS) is 10.1. The molecule has 0 radical (unpaired) electrons. The fourth-order valence-electron chi connectivity index (χ4n) is 1.21. The number of nitrogens with zero attached hydrogens (tertiary/aromatic N) is 2. The van der Waals surface area contributed by atoms with Gasteiger partial charge < -0.3 is 5.32 Å². The molecule has 1 amide bonds. The minimum atomic E-state index is -0.148. The number of benzene rings is 1. The molecule has 0 fully saturated rings. The van der Waals surface area contributed by atoms with Gasteiger partial charge in [0, 0.05) is 5.02 Å². The summed E-state index contributed by atoms with van der Waals surface area (Å²) in [6, 6.07) is 7.26. The molecule has 1 N–H and O–H groups in total. The molecule has 2 rings (SSSR count). The molecule has 0 unspecified atom stereocenters. The number of carbonyl (C=O) groups excluding carboxylic acids is 1. The Morgan fingerprint density at radius 1 is 1.44 bits per heavy atom. The van der Waals surface area contributed by atoms with E-state index in [1.807, 2.05) is 18.2 Å². The van der Waals surface area contributed by atoms with E-state index in [9.17, 15) is 4.79 Å². The number of anilines is 1. The van der Waals surface area contributed by atoms with Crippen LogP contribution in [0.1, 0.15) is 5.56 Å². The first-order valence-electron chi connectivity index (χ1n) is 4.55. The molecule has 0 aliphatic carbocycles. The summed E-state index contributed by atoms with van der Waals surface area (Å²) in [5.41, 5.74) is 2.36. The first kappa shape index (κ1) is 11.0. The second kappa shape index (κ2) is 5.05. The highest BCUT2D eigenvalue weighted by molar-refractivity contribution is 7.13. The zero-order valence-corrected chi connectivity index (χ0v) is 9.76. The van der Waals surface area contributed by atoms with E-state index >= 15 is 0 Å².